The minimum absolute atomic E-state index is 0.188. The van der Waals surface area contributed by atoms with E-state index in [1.165, 1.54) is 11.8 Å². The van der Waals surface area contributed by atoms with E-state index in [2.05, 4.69) is 5.32 Å². The average molecular weight is 490 g/mol. The Morgan fingerprint density at radius 3 is 2.17 bits per heavy atom. The number of nitrogens with zero attached hydrogens (tertiary/aromatic N) is 2. The number of amidine groups is 1. The fourth-order valence-corrected chi connectivity index (χ4v) is 5.95. The van der Waals surface area contributed by atoms with E-state index in [9.17, 15) is 9.59 Å². The number of rotatable bonds is 5. The number of anilines is 1. The zero-order valence-electron chi connectivity index (χ0n) is 19.4. The minimum atomic E-state index is -1.34. The standard InChI is InChI=1S/C30H23N3O2S/c34-27(23-16-8-3-9-17-23)32-30(20-21-12-4-1-5-13-21)26(22-14-6-2-7-15-22)31-29-33(28(30)35)24-18-10-11-19-25(24)36-29/h1-19,26H,20H2,(H,32,34)/t26-,30-/m0/s1. The van der Waals surface area contributed by atoms with E-state index in [4.69, 9.17) is 4.99 Å². The summed E-state index contributed by atoms with van der Waals surface area (Å²) in [6, 6.07) is 35.8. The third-order valence-electron chi connectivity index (χ3n) is 6.60. The van der Waals surface area contributed by atoms with Crippen LogP contribution in [0.25, 0.3) is 0 Å². The summed E-state index contributed by atoms with van der Waals surface area (Å²) >= 11 is 1.49. The highest BCUT2D eigenvalue weighted by atomic mass is 32.2. The van der Waals surface area contributed by atoms with Crippen molar-refractivity contribution in [2.24, 2.45) is 4.99 Å². The van der Waals surface area contributed by atoms with Crippen LogP contribution in [0.2, 0.25) is 0 Å². The SMILES string of the molecule is O=C(N[C@]1(Cc2ccccc2)C(=O)N2C(=N[C@H]1c1ccccc1)Sc1ccccc12)c1ccccc1. The predicted octanol–water partition coefficient (Wildman–Crippen LogP) is 5.65. The van der Waals surface area contributed by atoms with Crippen LogP contribution >= 0.6 is 11.8 Å². The number of para-hydroxylation sites is 1. The first kappa shape index (κ1) is 22.3. The largest absolute Gasteiger partial charge is 0.335 e. The van der Waals surface area contributed by atoms with E-state index < -0.39 is 11.6 Å². The lowest BCUT2D eigenvalue weighted by Crippen LogP contribution is -2.66. The lowest BCUT2D eigenvalue weighted by Gasteiger charge is -2.44. The summed E-state index contributed by atoms with van der Waals surface area (Å²) in [6.45, 7) is 0. The number of aliphatic imine (C=N–C) groups is 1. The fourth-order valence-electron chi connectivity index (χ4n) is 4.91. The van der Waals surface area contributed by atoms with Crippen molar-refractivity contribution >= 4 is 34.4 Å². The van der Waals surface area contributed by atoms with E-state index >= 15 is 0 Å². The van der Waals surface area contributed by atoms with Gasteiger partial charge in [0.2, 0.25) is 0 Å². The molecule has 0 unspecified atom stereocenters. The molecule has 2 atom stereocenters. The van der Waals surface area contributed by atoms with E-state index in [0.29, 0.717) is 17.2 Å². The van der Waals surface area contributed by atoms with Crippen LogP contribution in [0.4, 0.5) is 5.69 Å². The molecule has 0 spiro atoms. The third kappa shape index (κ3) is 3.80. The van der Waals surface area contributed by atoms with Crippen molar-refractivity contribution in [1.82, 2.24) is 5.32 Å². The second kappa shape index (κ2) is 9.13. The maximum Gasteiger partial charge on any atom is 0.261 e. The molecule has 4 aromatic carbocycles. The zero-order chi connectivity index (χ0) is 24.5. The summed E-state index contributed by atoms with van der Waals surface area (Å²) in [5, 5.41) is 3.82. The molecule has 4 aromatic rings. The van der Waals surface area contributed by atoms with Crippen LogP contribution in [-0.4, -0.2) is 22.5 Å². The van der Waals surface area contributed by atoms with Crippen LogP contribution in [-0.2, 0) is 11.2 Å². The third-order valence-corrected chi connectivity index (χ3v) is 7.64. The molecule has 2 aliphatic rings. The van der Waals surface area contributed by atoms with Crippen LogP contribution < -0.4 is 10.2 Å². The Morgan fingerprint density at radius 2 is 1.44 bits per heavy atom. The molecule has 36 heavy (non-hydrogen) atoms. The van der Waals surface area contributed by atoms with Crippen LogP contribution in [0, 0.1) is 0 Å². The summed E-state index contributed by atoms with van der Waals surface area (Å²) < 4.78 is 0. The van der Waals surface area contributed by atoms with Gasteiger partial charge >= 0.3 is 0 Å². The highest BCUT2D eigenvalue weighted by Crippen LogP contribution is 2.48. The lowest BCUT2D eigenvalue weighted by atomic mass is 9.77. The van der Waals surface area contributed by atoms with Gasteiger partial charge < -0.3 is 5.32 Å². The molecule has 5 nitrogen and oxygen atoms in total. The lowest BCUT2D eigenvalue weighted by molar-refractivity contribution is -0.125. The van der Waals surface area contributed by atoms with Gasteiger partial charge in [0.15, 0.2) is 10.7 Å². The van der Waals surface area contributed by atoms with Gasteiger partial charge in [0.05, 0.1) is 5.69 Å². The van der Waals surface area contributed by atoms with Crippen LogP contribution in [0.15, 0.2) is 125 Å². The molecule has 2 amide bonds. The first-order valence-corrected chi connectivity index (χ1v) is 12.6. The van der Waals surface area contributed by atoms with Crippen molar-refractivity contribution in [2.45, 2.75) is 22.9 Å². The smallest absolute Gasteiger partial charge is 0.261 e. The molecule has 176 valence electrons. The van der Waals surface area contributed by atoms with Crippen LogP contribution in [0.1, 0.15) is 27.5 Å². The Labute approximate surface area is 213 Å². The molecule has 6 heteroatoms. The molecule has 0 aromatic heterocycles. The number of amides is 2. The summed E-state index contributed by atoms with van der Waals surface area (Å²) in [5.41, 5.74) is 1.77. The van der Waals surface area contributed by atoms with Crippen molar-refractivity contribution in [2.75, 3.05) is 4.90 Å². The predicted molar refractivity (Wildman–Crippen MR) is 143 cm³/mol. The molecule has 0 saturated carbocycles. The Kier molecular flexibility index (Phi) is 5.66. The molecular weight excluding hydrogens is 466 g/mol. The van der Waals surface area contributed by atoms with Crippen molar-refractivity contribution in [1.29, 1.82) is 0 Å². The molecule has 6 rings (SSSR count). The Balaban J connectivity index is 1.55. The number of benzene rings is 4. The van der Waals surface area contributed by atoms with Gasteiger partial charge in [0, 0.05) is 16.9 Å². The van der Waals surface area contributed by atoms with Gasteiger partial charge in [-0.05, 0) is 47.2 Å². The Bertz CT molecular complexity index is 1460. The maximum absolute atomic E-state index is 14.7. The Morgan fingerprint density at radius 1 is 0.833 bits per heavy atom. The number of thioether (sulfide) groups is 1. The molecule has 0 radical (unpaired) electrons. The second-order valence-electron chi connectivity index (χ2n) is 8.89. The molecule has 2 aliphatic heterocycles. The van der Waals surface area contributed by atoms with Gasteiger partial charge in [-0.1, -0.05) is 91.0 Å². The molecule has 0 saturated heterocycles. The van der Waals surface area contributed by atoms with E-state index in [0.717, 1.165) is 21.7 Å². The van der Waals surface area contributed by atoms with E-state index in [1.54, 1.807) is 17.0 Å². The highest BCUT2D eigenvalue weighted by Gasteiger charge is 2.56. The van der Waals surface area contributed by atoms with E-state index in [-0.39, 0.29) is 11.8 Å². The summed E-state index contributed by atoms with van der Waals surface area (Å²) in [5.74, 6) is -0.494. The quantitative estimate of drug-likeness (QED) is 0.394. The van der Waals surface area contributed by atoms with Gasteiger partial charge in [-0.2, -0.15) is 0 Å². The van der Waals surface area contributed by atoms with Crippen molar-refractivity contribution < 1.29 is 9.59 Å². The van der Waals surface area contributed by atoms with Gasteiger partial charge in [0.25, 0.3) is 11.8 Å². The molecular formula is C30H23N3O2S. The molecule has 0 bridgehead atoms. The van der Waals surface area contributed by atoms with E-state index in [1.807, 2.05) is 103 Å². The number of carbonyl (C=O) groups is 2. The summed E-state index contributed by atoms with van der Waals surface area (Å²) in [7, 11) is 0. The Hall–Kier alpha value is -4.16. The summed E-state index contributed by atoms with van der Waals surface area (Å²) in [6.07, 6.45) is 0.297. The van der Waals surface area contributed by atoms with Crippen molar-refractivity contribution in [3.63, 3.8) is 0 Å². The first-order valence-electron chi connectivity index (χ1n) is 11.8. The topological polar surface area (TPSA) is 61.8 Å². The number of fused-ring (bicyclic) bond motifs is 3. The van der Waals surface area contributed by atoms with Crippen molar-refractivity contribution in [3.05, 3.63) is 132 Å². The van der Waals surface area contributed by atoms with Gasteiger partial charge in [-0.15, -0.1) is 0 Å². The first-order chi connectivity index (χ1) is 17.7. The fraction of sp³-hybridized carbons (Fsp3) is 0.100. The van der Waals surface area contributed by atoms with Crippen LogP contribution in [0.3, 0.4) is 0 Å². The average Bonchev–Trinajstić information content (AvgIpc) is 3.31. The van der Waals surface area contributed by atoms with Gasteiger partial charge in [0.1, 0.15) is 6.04 Å². The molecule has 0 aliphatic carbocycles. The maximum atomic E-state index is 14.7. The molecule has 1 N–H and O–H groups in total. The van der Waals surface area contributed by atoms with Crippen molar-refractivity contribution in [3.8, 4) is 0 Å². The monoisotopic (exact) mass is 489 g/mol. The zero-order valence-corrected chi connectivity index (χ0v) is 20.2. The van der Waals surface area contributed by atoms with Crippen LogP contribution in [0.5, 0.6) is 0 Å². The molecule has 2 heterocycles. The number of carbonyl (C=O) groups excluding carboxylic acids is 2. The number of nitrogens with one attached hydrogen (secondary N) is 1. The summed E-state index contributed by atoms with van der Waals surface area (Å²) in [4.78, 5) is 36.1. The molecule has 0 fully saturated rings. The normalized spacial score (nSPS) is 20.3. The highest BCUT2D eigenvalue weighted by molar-refractivity contribution is 8.15. The minimum Gasteiger partial charge on any atom is -0.335 e. The second-order valence-corrected chi connectivity index (χ2v) is 9.90. The van der Waals surface area contributed by atoms with Gasteiger partial charge in [-0.3, -0.25) is 19.5 Å². The van der Waals surface area contributed by atoms with Gasteiger partial charge in [-0.25, -0.2) is 0 Å². The number of hydrogen-bond acceptors (Lipinski definition) is 4. The number of hydrogen-bond donors (Lipinski definition) is 1.